The SMILES string of the molecule is CNc1cc(CC(C)C)ccc1OC1OC(C(=O)O)C(N=O)C(N=O)C1O. The summed E-state index contributed by atoms with van der Waals surface area (Å²) in [5, 5.41) is 27.7. The Hall–Kier alpha value is -2.59. The number of ether oxygens (including phenoxy) is 2. The van der Waals surface area contributed by atoms with Gasteiger partial charge in [0.1, 0.15) is 11.9 Å². The summed E-state index contributed by atoms with van der Waals surface area (Å²) in [4.78, 5) is 33.3. The van der Waals surface area contributed by atoms with Gasteiger partial charge in [-0.2, -0.15) is 9.81 Å². The van der Waals surface area contributed by atoms with E-state index in [0.29, 0.717) is 17.4 Å². The van der Waals surface area contributed by atoms with E-state index in [4.69, 9.17) is 9.47 Å². The van der Waals surface area contributed by atoms with E-state index in [9.17, 15) is 24.8 Å². The normalized spacial score (nSPS) is 27.8. The summed E-state index contributed by atoms with van der Waals surface area (Å²) >= 11 is 0. The molecular formula is C17H23N3O7. The minimum absolute atomic E-state index is 0.292. The van der Waals surface area contributed by atoms with Gasteiger partial charge in [-0.05, 0) is 30.0 Å². The van der Waals surface area contributed by atoms with Crippen LogP contribution in [0.5, 0.6) is 5.75 Å². The Morgan fingerprint density at radius 1 is 1.30 bits per heavy atom. The van der Waals surface area contributed by atoms with Crippen LogP contribution < -0.4 is 10.1 Å². The van der Waals surface area contributed by atoms with Crippen LogP contribution in [0.25, 0.3) is 0 Å². The van der Waals surface area contributed by atoms with Crippen LogP contribution in [0.2, 0.25) is 0 Å². The Bertz CT molecular complexity index is 695. The molecule has 0 radical (unpaired) electrons. The van der Waals surface area contributed by atoms with Crippen molar-refractivity contribution in [2.75, 3.05) is 12.4 Å². The maximum atomic E-state index is 11.3. The summed E-state index contributed by atoms with van der Waals surface area (Å²) < 4.78 is 10.8. The average molecular weight is 381 g/mol. The molecule has 1 aromatic rings. The highest BCUT2D eigenvalue weighted by atomic mass is 16.7. The molecule has 5 atom stereocenters. The molecule has 0 bridgehead atoms. The fraction of sp³-hybridized carbons (Fsp3) is 0.588. The average Bonchev–Trinajstić information content (AvgIpc) is 2.63. The molecule has 148 valence electrons. The molecule has 1 heterocycles. The third-order valence-corrected chi connectivity index (χ3v) is 4.26. The van der Waals surface area contributed by atoms with Crippen LogP contribution in [0, 0.1) is 15.7 Å². The van der Waals surface area contributed by atoms with Crippen molar-refractivity contribution in [2.24, 2.45) is 16.3 Å². The van der Waals surface area contributed by atoms with E-state index >= 15 is 0 Å². The number of rotatable bonds is 8. The van der Waals surface area contributed by atoms with Gasteiger partial charge >= 0.3 is 5.97 Å². The summed E-state index contributed by atoms with van der Waals surface area (Å²) in [5.74, 6) is -0.760. The van der Waals surface area contributed by atoms with Gasteiger partial charge in [-0.25, -0.2) is 4.79 Å². The molecule has 0 amide bonds. The van der Waals surface area contributed by atoms with Gasteiger partial charge in [-0.1, -0.05) is 30.3 Å². The zero-order chi connectivity index (χ0) is 20.1. The molecule has 0 aromatic heterocycles. The van der Waals surface area contributed by atoms with Crippen molar-refractivity contribution < 1.29 is 24.5 Å². The van der Waals surface area contributed by atoms with Crippen molar-refractivity contribution in [3.05, 3.63) is 33.6 Å². The lowest BCUT2D eigenvalue weighted by Crippen LogP contribution is -2.59. The molecule has 27 heavy (non-hydrogen) atoms. The number of hydrogen-bond acceptors (Lipinski definition) is 9. The molecule has 0 saturated carbocycles. The lowest BCUT2D eigenvalue weighted by atomic mass is 9.95. The maximum absolute atomic E-state index is 11.3. The molecule has 10 nitrogen and oxygen atoms in total. The second kappa shape index (κ2) is 8.87. The summed E-state index contributed by atoms with van der Waals surface area (Å²) in [6, 6.07) is 2.12. The Morgan fingerprint density at radius 3 is 2.48 bits per heavy atom. The first-order valence-electron chi connectivity index (χ1n) is 8.51. The molecule has 1 aliphatic heterocycles. The van der Waals surface area contributed by atoms with Gasteiger partial charge in [-0.15, -0.1) is 0 Å². The zero-order valence-electron chi connectivity index (χ0n) is 15.2. The Morgan fingerprint density at radius 2 is 1.96 bits per heavy atom. The first-order chi connectivity index (χ1) is 12.8. The van der Waals surface area contributed by atoms with Crippen molar-refractivity contribution in [1.82, 2.24) is 0 Å². The van der Waals surface area contributed by atoms with Crippen LogP contribution in [-0.2, 0) is 16.0 Å². The van der Waals surface area contributed by atoms with Crippen molar-refractivity contribution in [3.8, 4) is 5.75 Å². The van der Waals surface area contributed by atoms with E-state index in [-0.39, 0.29) is 0 Å². The second-order valence-corrected chi connectivity index (χ2v) is 6.74. The molecule has 1 aromatic carbocycles. The number of carboxylic acids is 1. The zero-order valence-corrected chi connectivity index (χ0v) is 15.2. The summed E-state index contributed by atoms with van der Waals surface area (Å²) in [6.45, 7) is 4.18. The van der Waals surface area contributed by atoms with Gasteiger partial charge in [0.2, 0.25) is 6.29 Å². The largest absolute Gasteiger partial charge is 0.479 e. The van der Waals surface area contributed by atoms with Gasteiger partial charge in [-0.3, -0.25) is 0 Å². The summed E-state index contributed by atoms with van der Waals surface area (Å²) in [5.41, 5.74) is 1.66. The van der Waals surface area contributed by atoms with Gasteiger partial charge in [0.05, 0.1) is 5.69 Å². The van der Waals surface area contributed by atoms with E-state index in [1.54, 1.807) is 13.1 Å². The number of carbonyl (C=O) groups is 1. The number of nitroso groups, excluding NO2 is 2. The third kappa shape index (κ3) is 4.58. The number of nitrogens with one attached hydrogen (secondary N) is 1. The third-order valence-electron chi connectivity index (χ3n) is 4.26. The van der Waals surface area contributed by atoms with Crippen LogP contribution >= 0.6 is 0 Å². The first kappa shape index (κ1) is 20.7. The Kier molecular flexibility index (Phi) is 6.81. The number of aliphatic hydroxyl groups is 1. The molecule has 1 aliphatic rings. The maximum Gasteiger partial charge on any atom is 0.335 e. The molecule has 10 heteroatoms. The van der Waals surface area contributed by atoms with Crippen molar-refractivity contribution in [2.45, 2.75) is 50.8 Å². The number of benzene rings is 1. The fourth-order valence-corrected chi connectivity index (χ4v) is 2.99. The molecule has 1 saturated heterocycles. The minimum atomic E-state index is -1.75. The number of hydrogen-bond donors (Lipinski definition) is 3. The van der Waals surface area contributed by atoms with Crippen molar-refractivity contribution in [3.63, 3.8) is 0 Å². The molecule has 0 spiro atoms. The minimum Gasteiger partial charge on any atom is -0.479 e. The lowest BCUT2D eigenvalue weighted by molar-refractivity contribution is -0.220. The predicted octanol–water partition coefficient (Wildman–Crippen LogP) is 1.75. The Balaban J connectivity index is 2.28. The van der Waals surface area contributed by atoms with E-state index in [1.165, 1.54) is 0 Å². The number of aliphatic carboxylic acids is 1. The van der Waals surface area contributed by atoms with E-state index in [2.05, 4.69) is 29.5 Å². The van der Waals surface area contributed by atoms with Gasteiger partial charge in [0.15, 0.2) is 18.2 Å². The topological polar surface area (TPSA) is 147 Å². The quantitative estimate of drug-likeness (QED) is 0.577. The molecule has 5 unspecified atom stereocenters. The van der Waals surface area contributed by atoms with E-state index in [1.807, 2.05) is 12.1 Å². The van der Waals surface area contributed by atoms with E-state index in [0.717, 1.165) is 12.0 Å². The summed E-state index contributed by atoms with van der Waals surface area (Å²) in [7, 11) is 1.68. The lowest BCUT2D eigenvalue weighted by Gasteiger charge is -2.37. The highest BCUT2D eigenvalue weighted by Crippen LogP contribution is 2.32. The van der Waals surface area contributed by atoms with Crippen LogP contribution in [0.3, 0.4) is 0 Å². The number of anilines is 1. The second-order valence-electron chi connectivity index (χ2n) is 6.74. The monoisotopic (exact) mass is 381 g/mol. The molecule has 2 rings (SSSR count). The number of aliphatic hydroxyl groups excluding tert-OH is 1. The fourth-order valence-electron chi connectivity index (χ4n) is 2.99. The highest BCUT2D eigenvalue weighted by Gasteiger charge is 2.51. The van der Waals surface area contributed by atoms with Gasteiger partial charge < -0.3 is 25.0 Å². The van der Waals surface area contributed by atoms with Crippen LogP contribution in [0.1, 0.15) is 19.4 Å². The molecule has 1 fully saturated rings. The van der Waals surface area contributed by atoms with Crippen LogP contribution in [0.4, 0.5) is 5.69 Å². The Labute approximate surface area is 155 Å². The van der Waals surface area contributed by atoms with Gasteiger partial charge in [0, 0.05) is 7.05 Å². The predicted molar refractivity (Wildman–Crippen MR) is 96.6 cm³/mol. The van der Waals surface area contributed by atoms with Crippen molar-refractivity contribution in [1.29, 1.82) is 0 Å². The molecule has 0 aliphatic carbocycles. The van der Waals surface area contributed by atoms with Crippen LogP contribution in [0.15, 0.2) is 28.6 Å². The van der Waals surface area contributed by atoms with Gasteiger partial charge in [0.25, 0.3) is 0 Å². The standard InChI is InChI=1S/C17H23N3O7/c1-8(2)6-9-4-5-11(10(7-9)18-3)26-17-14(21)12(19-24)13(20-25)15(27-17)16(22)23/h4-5,7-8,12-15,17-18,21H,6H2,1-3H3,(H,22,23). The number of carboxylic acid groups (broad SMARTS) is 1. The molecule has 3 N–H and O–H groups in total. The number of nitrogens with zero attached hydrogens (tertiary/aromatic N) is 2. The highest BCUT2D eigenvalue weighted by molar-refractivity contribution is 5.74. The first-order valence-corrected chi connectivity index (χ1v) is 8.51. The smallest absolute Gasteiger partial charge is 0.335 e. The summed E-state index contributed by atoms with van der Waals surface area (Å²) in [6.07, 6.45) is -4.06. The van der Waals surface area contributed by atoms with Crippen molar-refractivity contribution >= 4 is 11.7 Å². The van der Waals surface area contributed by atoms with Crippen LogP contribution in [-0.4, -0.2) is 53.8 Å². The van der Waals surface area contributed by atoms with E-state index < -0.39 is 36.6 Å². The molecular weight excluding hydrogens is 358 g/mol.